The van der Waals surface area contributed by atoms with Crippen LogP contribution in [0.1, 0.15) is 71.1 Å². The quantitative estimate of drug-likeness (QED) is 0.0874. The van der Waals surface area contributed by atoms with Crippen LogP contribution in [-0.4, -0.2) is 75.3 Å². The molecule has 1 aliphatic rings. The van der Waals surface area contributed by atoms with Crippen molar-refractivity contribution < 1.29 is 32.3 Å². The summed E-state index contributed by atoms with van der Waals surface area (Å²) < 4.78 is 37.9. The third-order valence-corrected chi connectivity index (χ3v) is 9.12. The van der Waals surface area contributed by atoms with E-state index in [1.807, 2.05) is 0 Å². The van der Waals surface area contributed by atoms with Crippen molar-refractivity contribution in [2.75, 3.05) is 13.7 Å². The number of rotatable bonds is 19. The van der Waals surface area contributed by atoms with E-state index in [-0.39, 0.29) is 18.7 Å². The van der Waals surface area contributed by atoms with Crippen LogP contribution in [0, 0.1) is 0 Å². The van der Waals surface area contributed by atoms with E-state index in [9.17, 15) is 4.79 Å². The lowest BCUT2D eigenvalue weighted by molar-refractivity contribution is -0.285. The van der Waals surface area contributed by atoms with Gasteiger partial charge in [-0.3, -0.25) is 4.79 Å². The Hall–Kier alpha value is -0.0794. The lowest BCUT2D eigenvalue weighted by Crippen LogP contribution is -2.66. The zero-order valence-electron chi connectivity index (χ0n) is 26.5. The second-order valence-corrected chi connectivity index (χ2v) is 27.0. The topological polar surface area (TPSA) is 72.5 Å². The summed E-state index contributed by atoms with van der Waals surface area (Å²) in [6.45, 7) is 21.8. The van der Waals surface area contributed by atoms with Crippen molar-refractivity contribution in [3.63, 3.8) is 0 Å². The van der Waals surface area contributed by atoms with Crippen molar-refractivity contribution in [1.82, 2.24) is 0 Å². The van der Waals surface area contributed by atoms with Crippen molar-refractivity contribution in [2.45, 2.75) is 161 Å². The zero-order valence-corrected chi connectivity index (χ0v) is 29.5. The Kier molecular flexibility index (Phi) is 16.1. The molecule has 0 radical (unpaired) electrons. The van der Waals surface area contributed by atoms with Gasteiger partial charge in [-0.15, -0.1) is 0 Å². The average molecular weight is 593 g/mol. The number of ether oxygens (including phenoxy) is 3. The van der Waals surface area contributed by atoms with Gasteiger partial charge in [0.15, 0.2) is 31.2 Å². The standard InChI is InChI=1S/C28H60O7Si3/c1-12-13-14-15-16-17-18-19-20-21-24(29)31-22-23-25(33-36(3,4)5)26(34-37(6,7)8)27(28(30-2)32-23)35-38(9,10)11/h23,25-28H,12-22H2,1-11H3. The van der Waals surface area contributed by atoms with Crippen LogP contribution in [0.2, 0.25) is 58.9 Å². The fourth-order valence-corrected chi connectivity index (χ4v) is 7.90. The molecule has 0 amide bonds. The van der Waals surface area contributed by atoms with Crippen LogP contribution in [0.15, 0.2) is 0 Å². The molecule has 5 atom stereocenters. The lowest BCUT2D eigenvalue weighted by atomic mass is 9.99. The summed E-state index contributed by atoms with van der Waals surface area (Å²) >= 11 is 0. The molecule has 10 heteroatoms. The molecule has 1 heterocycles. The van der Waals surface area contributed by atoms with Crippen LogP contribution in [0.25, 0.3) is 0 Å². The average Bonchev–Trinajstić information content (AvgIpc) is 2.77. The molecule has 0 aromatic heterocycles. The van der Waals surface area contributed by atoms with Crippen molar-refractivity contribution in [2.24, 2.45) is 0 Å². The fraction of sp³-hybridized carbons (Fsp3) is 0.964. The molecule has 1 saturated heterocycles. The summed E-state index contributed by atoms with van der Waals surface area (Å²) in [6, 6.07) is 0. The summed E-state index contributed by atoms with van der Waals surface area (Å²) in [6.07, 6.45) is 9.11. The molecule has 1 aliphatic heterocycles. The molecular weight excluding hydrogens is 533 g/mol. The minimum atomic E-state index is -2.00. The van der Waals surface area contributed by atoms with E-state index in [4.69, 9.17) is 27.5 Å². The first kappa shape index (κ1) is 35.9. The largest absolute Gasteiger partial charge is 0.463 e. The highest BCUT2D eigenvalue weighted by atomic mass is 28.4. The predicted molar refractivity (Wildman–Crippen MR) is 163 cm³/mol. The van der Waals surface area contributed by atoms with E-state index in [0.29, 0.717) is 6.42 Å². The Morgan fingerprint density at radius 1 is 0.658 bits per heavy atom. The summed E-state index contributed by atoms with van der Waals surface area (Å²) in [5.41, 5.74) is 0. The van der Waals surface area contributed by atoms with E-state index in [0.717, 1.165) is 12.8 Å². The van der Waals surface area contributed by atoms with E-state index in [1.165, 1.54) is 44.9 Å². The minimum absolute atomic E-state index is 0.122. The van der Waals surface area contributed by atoms with Gasteiger partial charge in [-0.05, 0) is 65.3 Å². The maximum atomic E-state index is 12.6. The molecule has 0 saturated carbocycles. The Morgan fingerprint density at radius 3 is 1.58 bits per heavy atom. The third-order valence-electron chi connectivity index (χ3n) is 6.19. The lowest BCUT2D eigenvalue weighted by Gasteiger charge is -2.50. The highest BCUT2D eigenvalue weighted by Crippen LogP contribution is 2.34. The number of hydrogen-bond acceptors (Lipinski definition) is 7. The van der Waals surface area contributed by atoms with Gasteiger partial charge in [0.05, 0.1) is 0 Å². The molecule has 226 valence electrons. The van der Waals surface area contributed by atoms with Crippen LogP contribution in [0.3, 0.4) is 0 Å². The fourth-order valence-electron chi connectivity index (χ4n) is 4.66. The SMILES string of the molecule is CCCCCCCCCCCC(=O)OCC1OC(OC)C(O[Si](C)(C)C)C(O[Si](C)(C)C)C1O[Si](C)(C)C. The van der Waals surface area contributed by atoms with Crippen LogP contribution >= 0.6 is 0 Å². The molecule has 0 spiro atoms. The molecule has 0 aromatic carbocycles. The molecule has 5 unspecified atom stereocenters. The van der Waals surface area contributed by atoms with Gasteiger partial charge in [-0.25, -0.2) is 0 Å². The number of unbranched alkanes of at least 4 members (excludes halogenated alkanes) is 8. The van der Waals surface area contributed by atoms with Gasteiger partial charge in [0.2, 0.25) is 0 Å². The van der Waals surface area contributed by atoms with Crippen LogP contribution in [0.5, 0.6) is 0 Å². The van der Waals surface area contributed by atoms with Gasteiger partial charge in [-0.2, -0.15) is 0 Å². The summed E-state index contributed by atoms with van der Waals surface area (Å²) in [7, 11) is -4.30. The smallest absolute Gasteiger partial charge is 0.305 e. The first-order valence-electron chi connectivity index (χ1n) is 14.9. The highest BCUT2D eigenvalue weighted by molar-refractivity contribution is 6.70. The van der Waals surface area contributed by atoms with E-state index >= 15 is 0 Å². The third kappa shape index (κ3) is 15.6. The van der Waals surface area contributed by atoms with Gasteiger partial charge in [0.1, 0.15) is 31.0 Å². The van der Waals surface area contributed by atoms with Crippen LogP contribution in [0.4, 0.5) is 0 Å². The molecule has 0 N–H and O–H groups in total. The minimum Gasteiger partial charge on any atom is -0.463 e. The van der Waals surface area contributed by atoms with Crippen molar-refractivity contribution in [3.8, 4) is 0 Å². The molecule has 38 heavy (non-hydrogen) atoms. The maximum absolute atomic E-state index is 12.6. The number of carbonyl (C=O) groups excluding carboxylic acids is 1. The van der Waals surface area contributed by atoms with Crippen molar-refractivity contribution >= 4 is 30.9 Å². The Bertz CT molecular complexity index is 658. The second-order valence-electron chi connectivity index (χ2n) is 13.6. The van der Waals surface area contributed by atoms with Crippen LogP contribution in [-0.2, 0) is 32.3 Å². The maximum Gasteiger partial charge on any atom is 0.305 e. The Balaban J connectivity index is 2.83. The molecule has 7 nitrogen and oxygen atoms in total. The summed E-state index contributed by atoms with van der Waals surface area (Å²) in [5, 5.41) is 0. The number of carbonyl (C=O) groups is 1. The second kappa shape index (κ2) is 17.0. The highest BCUT2D eigenvalue weighted by Gasteiger charge is 2.52. The molecular formula is C28H60O7Si3. The zero-order chi connectivity index (χ0) is 29.0. The first-order valence-corrected chi connectivity index (χ1v) is 25.2. The Labute approximate surface area is 237 Å². The summed E-state index contributed by atoms with van der Waals surface area (Å²) in [4.78, 5) is 12.6. The Morgan fingerprint density at radius 2 is 1.11 bits per heavy atom. The number of methoxy groups -OCH3 is 1. The summed E-state index contributed by atoms with van der Waals surface area (Å²) in [5.74, 6) is -0.180. The molecule has 0 aliphatic carbocycles. The van der Waals surface area contributed by atoms with E-state index in [1.54, 1.807) is 7.11 Å². The molecule has 0 aromatic rings. The van der Waals surface area contributed by atoms with Crippen molar-refractivity contribution in [1.29, 1.82) is 0 Å². The predicted octanol–water partition coefficient (Wildman–Crippen LogP) is 7.48. The number of esters is 1. The van der Waals surface area contributed by atoms with Crippen molar-refractivity contribution in [3.05, 3.63) is 0 Å². The molecule has 0 bridgehead atoms. The van der Waals surface area contributed by atoms with Gasteiger partial charge >= 0.3 is 5.97 Å². The normalized spacial score (nSPS) is 25.0. The van der Waals surface area contributed by atoms with Crippen LogP contribution < -0.4 is 0 Å². The van der Waals surface area contributed by atoms with E-state index < -0.39 is 49.6 Å². The molecule has 1 fully saturated rings. The number of hydrogen-bond donors (Lipinski definition) is 0. The monoisotopic (exact) mass is 592 g/mol. The van der Waals surface area contributed by atoms with Gasteiger partial charge in [0, 0.05) is 13.5 Å². The van der Waals surface area contributed by atoms with E-state index in [2.05, 4.69) is 65.8 Å². The van der Waals surface area contributed by atoms with Gasteiger partial charge in [0.25, 0.3) is 0 Å². The first-order chi connectivity index (χ1) is 17.6. The van der Waals surface area contributed by atoms with Gasteiger partial charge < -0.3 is 27.5 Å². The van der Waals surface area contributed by atoms with Gasteiger partial charge in [-0.1, -0.05) is 58.3 Å². The molecule has 1 rings (SSSR count).